The largest absolute Gasteiger partial charge is 0.479 e. The number of hydrogen-bond acceptors (Lipinski definition) is 4. The lowest BCUT2D eigenvalue weighted by Crippen LogP contribution is -2.30. The summed E-state index contributed by atoms with van der Waals surface area (Å²) in [6, 6.07) is 5.00. The van der Waals surface area contributed by atoms with Gasteiger partial charge in [0.15, 0.2) is 6.10 Å². The Morgan fingerprint density at radius 3 is 2.61 bits per heavy atom. The van der Waals surface area contributed by atoms with Crippen LogP contribution < -0.4 is 11.1 Å². The van der Waals surface area contributed by atoms with Crippen molar-refractivity contribution in [3.8, 4) is 0 Å². The molecule has 18 heavy (non-hydrogen) atoms. The van der Waals surface area contributed by atoms with E-state index in [1.54, 1.807) is 25.1 Å². The van der Waals surface area contributed by atoms with Gasteiger partial charge in [-0.15, -0.1) is 0 Å². The minimum Gasteiger partial charge on any atom is -0.479 e. The molecule has 6 nitrogen and oxygen atoms in total. The summed E-state index contributed by atoms with van der Waals surface area (Å²) in [5.74, 6) is -1.52. The first-order valence-electron chi connectivity index (χ1n) is 5.35. The average Bonchev–Trinajstić information content (AvgIpc) is 2.28. The van der Waals surface area contributed by atoms with E-state index >= 15 is 0 Å². The van der Waals surface area contributed by atoms with Crippen LogP contribution in [-0.4, -0.2) is 36.7 Å². The number of carboxylic acid groups (broad SMARTS) is 1. The highest BCUT2D eigenvalue weighted by Crippen LogP contribution is 2.14. The Morgan fingerprint density at radius 1 is 1.50 bits per heavy atom. The van der Waals surface area contributed by atoms with Crippen molar-refractivity contribution in [1.82, 2.24) is 0 Å². The maximum Gasteiger partial charge on any atom is 0.334 e. The van der Waals surface area contributed by atoms with E-state index in [4.69, 9.17) is 15.6 Å². The third-order valence-electron chi connectivity index (χ3n) is 2.54. The summed E-state index contributed by atoms with van der Waals surface area (Å²) in [6.07, 6.45) is -0.916. The quantitative estimate of drug-likeness (QED) is 0.688. The second-order valence-electron chi connectivity index (χ2n) is 3.84. The molecular weight excluding hydrogens is 236 g/mol. The van der Waals surface area contributed by atoms with E-state index in [9.17, 15) is 9.59 Å². The summed E-state index contributed by atoms with van der Waals surface area (Å²) < 4.78 is 4.79. The highest BCUT2D eigenvalue weighted by Gasteiger charge is 2.15. The van der Waals surface area contributed by atoms with Crippen molar-refractivity contribution in [2.45, 2.75) is 13.0 Å². The van der Waals surface area contributed by atoms with Crippen LogP contribution in [0, 0.1) is 6.92 Å². The van der Waals surface area contributed by atoms with E-state index in [-0.39, 0.29) is 6.54 Å². The van der Waals surface area contributed by atoms with Crippen LogP contribution in [0.15, 0.2) is 18.2 Å². The number of benzene rings is 1. The molecule has 0 fully saturated rings. The number of rotatable bonds is 6. The second-order valence-corrected chi connectivity index (χ2v) is 3.84. The van der Waals surface area contributed by atoms with Crippen LogP contribution in [0.5, 0.6) is 0 Å². The molecule has 0 aliphatic heterocycles. The second kappa shape index (κ2) is 6.02. The highest BCUT2D eigenvalue weighted by molar-refractivity contribution is 5.94. The maximum absolute atomic E-state index is 11.0. The monoisotopic (exact) mass is 252 g/mol. The van der Waals surface area contributed by atoms with Crippen LogP contribution in [0.2, 0.25) is 0 Å². The Labute approximate surface area is 105 Å². The SMILES string of the molecule is COC(CNc1ccc(C(N)=O)c(C)c1)C(=O)O. The molecule has 1 unspecified atom stereocenters. The average molecular weight is 252 g/mol. The number of nitrogens with one attached hydrogen (secondary N) is 1. The zero-order valence-corrected chi connectivity index (χ0v) is 10.3. The number of methoxy groups -OCH3 is 1. The number of hydrogen-bond donors (Lipinski definition) is 3. The van der Waals surface area contributed by atoms with Crippen molar-refractivity contribution < 1.29 is 19.4 Å². The Hall–Kier alpha value is -2.08. The van der Waals surface area contributed by atoms with Crippen molar-refractivity contribution in [2.24, 2.45) is 5.73 Å². The number of aryl methyl sites for hydroxylation is 1. The summed E-state index contributed by atoms with van der Waals surface area (Å²) in [7, 11) is 1.34. The summed E-state index contributed by atoms with van der Waals surface area (Å²) in [6.45, 7) is 1.90. The van der Waals surface area contributed by atoms with Gasteiger partial charge in [0.05, 0.1) is 6.54 Å². The number of aliphatic carboxylic acids is 1. The number of amides is 1. The molecule has 0 radical (unpaired) electrons. The van der Waals surface area contributed by atoms with Gasteiger partial charge in [0.25, 0.3) is 0 Å². The van der Waals surface area contributed by atoms with Gasteiger partial charge < -0.3 is 20.9 Å². The first-order chi connectivity index (χ1) is 8.45. The number of anilines is 1. The van der Waals surface area contributed by atoms with Crippen molar-refractivity contribution in [2.75, 3.05) is 19.0 Å². The fourth-order valence-electron chi connectivity index (χ4n) is 1.53. The summed E-state index contributed by atoms with van der Waals surface area (Å²) >= 11 is 0. The van der Waals surface area contributed by atoms with Crippen molar-refractivity contribution in [1.29, 1.82) is 0 Å². The molecule has 1 aromatic rings. The number of ether oxygens (including phenoxy) is 1. The van der Waals surface area contributed by atoms with Crippen molar-refractivity contribution in [3.05, 3.63) is 29.3 Å². The van der Waals surface area contributed by atoms with Crippen LogP contribution in [0.3, 0.4) is 0 Å². The fraction of sp³-hybridized carbons (Fsp3) is 0.333. The van der Waals surface area contributed by atoms with Crippen molar-refractivity contribution >= 4 is 17.6 Å². The molecule has 0 aliphatic carbocycles. The van der Waals surface area contributed by atoms with Gasteiger partial charge in [-0.1, -0.05) is 0 Å². The van der Waals surface area contributed by atoms with Gasteiger partial charge in [0.2, 0.25) is 5.91 Å². The number of primary amides is 1. The molecule has 1 atom stereocenters. The predicted molar refractivity (Wildman–Crippen MR) is 66.6 cm³/mol. The molecule has 0 saturated heterocycles. The van der Waals surface area contributed by atoms with Crippen LogP contribution in [0.4, 0.5) is 5.69 Å². The molecule has 98 valence electrons. The van der Waals surface area contributed by atoms with E-state index < -0.39 is 18.0 Å². The molecular formula is C12H16N2O4. The Morgan fingerprint density at radius 2 is 2.17 bits per heavy atom. The molecule has 0 spiro atoms. The van der Waals surface area contributed by atoms with Gasteiger partial charge in [0.1, 0.15) is 0 Å². The maximum atomic E-state index is 11.0. The number of carbonyl (C=O) groups is 2. The zero-order chi connectivity index (χ0) is 13.7. The van der Waals surface area contributed by atoms with Gasteiger partial charge >= 0.3 is 5.97 Å². The zero-order valence-electron chi connectivity index (χ0n) is 10.3. The van der Waals surface area contributed by atoms with Gasteiger partial charge in [-0.3, -0.25) is 4.79 Å². The summed E-state index contributed by atoms with van der Waals surface area (Å²) in [4.78, 5) is 21.8. The molecule has 0 heterocycles. The summed E-state index contributed by atoms with van der Waals surface area (Å²) in [5.41, 5.74) is 7.08. The first kappa shape index (κ1) is 14.0. The smallest absolute Gasteiger partial charge is 0.334 e. The summed E-state index contributed by atoms with van der Waals surface area (Å²) in [5, 5.41) is 11.7. The number of nitrogens with two attached hydrogens (primary N) is 1. The molecule has 0 saturated carbocycles. The van der Waals surface area contributed by atoms with E-state index in [1.165, 1.54) is 7.11 Å². The predicted octanol–water partition coefficient (Wildman–Crippen LogP) is 0.605. The molecule has 1 rings (SSSR count). The Balaban J connectivity index is 2.72. The van der Waals surface area contributed by atoms with E-state index in [1.807, 2.05) is 0 Å². The molecule has 0 aliphatic rings. The van der Waals surface area contributed by atoms with E-state index in [0.717, 1.165) is 5.56 Å². The molecule has 0 bridgehead atoms. The standard InChI is InChI=1S/C12H16N2O4/c1-7-5-8(3-4-9(7)11(13)15)14-6-10(18-2)12(16)17/h3-5,10,14H,6H2,1-2H3,(H2,13,15)(H,16,17). The van der Waals surface area contributed by atoms with Crippen LogP contribution in [0.25, 0.3) is 0 Å². The fourth-order valence-corrected chi connectivity index (χ4v) is 1.53. The number of carboxylic acids is 1. The minimum atomic E-state index is -1.03. The first-order valence-corrected chi connectivity index (χ1v) is 5.35. The van der Waals surface area contributed by atoms with Gasteiger partial charge in [-0.05, 0) is 30.7 Å². The van der Waals surface area contributed by atoms with Crippen LogP contribution in [-0.2, 0) is 9.53 Å². The normalized spacial score (nSPS) is 11.9. The highest BCUT2D eigenvalue weighted by atomic mass is 16.5. The topological polar surface area (TPSA) is 102 Å². The van der Waals surface area contributed by atoms with Gasteiger partial charge in [-0.25, -0.2) is 4.79 Å². The Kier molecular flexibility index (Phi) is 4.67. The van der Waals surface area contributed by atoms with Gasteiger partial charge in [0, 0.05) is 18.4 Å². The molecule has 4 N–H and O–H groups in total. The molecule has 6 heteroatoms. The lowest BCUT2D eigenvalue weighted by Gasteiger charge is -2.13. The van der Waals surface area contributed by atoms with Crippen LogP contribution >= 0.6 is 0 Å². The van der Waals surface area contributed by atoms with Gasteiger partial charge in [-0.2, -0.15) is 0 Å². The molecule has 0 aromatic heterocycles. The Bertz CT molecular complexity index is 459. The third kappa shape index (κ3) is 3.46. The molecule has 1 amide bonds. The van der Waals surface area contributed by atoms with Crippen LogP contribution in [0.1, 0.15) is 15.9 Å². The lowest BCUT2D eigenvalue weighted by atomic mass is 10.1. The lowest BCUT2D eigenvalue weighted by molar-refractivity contribution is -0.147. The minimum absolute atomic E-state index is 0.140. The third-order valence-corrected chi connectivity index (χ3v) is 2.54. The molecule has 1 aromatic carbocycles. The number of carbonyl (C=O) groups excluding carboxylic acids is 1. The van der Waals surface area contributed by atoms with E-state index in [0.29, 0.717) is 11.3 Å². The van der Waals surface area contributed by atoms with Crippen molar-refractivity contribution in [3.63, 3.8) is 0 Å². The van der Waals surface area contributed by atoms with E-state index in [2.05, 4.69) is 5.32 Å².